The van der Waals surface area contributed by atoms with Gasteiger partial charge in [0.1, 0.15) is 0 Å². The Hall–Kier alpha value is -0.320. The van der Waals surface area contributed by atoms with Gasteiger partial charge in [-0.25, -0.2) is 4.39 Å². The molecule has 1 aromatic rings. The zero-order valence-corrected chi connectivity index (χ0v) is 8.97. The smallest absolute Gasteiger partial charge is 0.165 e. The van der Waals surface area contributed by atoms with Gasteiger partial charge in [0.2, 0.25) is 0 Å². The molecule has 1 rings (SSSR count). The van der Waals surface area contributed by atoms with Crippen LogP contribution in [0.15, 0.2) is 18.2 Å². The van der Waals surface area contributed by atoms with Gasteiger partial charge >= 0.3 is 0 Å². The van der Waals surface area contributed by atoms with Crippen molar-refractivity contribution in [3.8, 4) is 5.75 Å². The van der Waals surface area contributed by atoms with E-state index in [1.54, 1.807) is 6.07 Å². The van der Waals surface area contributed by atoms with Crippen molar-refractivity contribution >= 4 is 22.6 Å². The second kappa shape index (κ2) is 4.64. The van der Waals surface area contributed by atoms with Crippen LogP contribution in [0.25, 0.3) is 0 Å². The lowest BCUT2D eigenvalue weighted by molar-refractivity contribution is 0.386. The number of halogens is 2. The Morgan fingerprint density at radius 2 is 2.25 bits per heavy atom. The average Bonchev–Trinajstić information content (AvgIpc) is 2.05. The van der Waals surface area contributed by atoms with E-state index in [9.17, 15) is 4.39 Å². The molecule has 0 aliphatic heterocycles. The van der Waals surface area contributed by atoms with E-state index < -0.39 is 0 Å². The molecule has 0 saturated heterocycles. The highest BCUT2D eigenvalue weighted by Crippen LogP contribution is 2.18. The van der Waals surface area contributed by atoms with Crippen LogP contribution >= 0.6 is 22.6 Å². The largest absolute Gasteiger partial charge is 0.494 e. The number of hydrogen-bond acceptors (Lipinski definition) is 1. The summed E-state index contributed by atoms with van der Waals surface area (Å²) in [5.74, 6) is 0.0343. The molecule has 3 heteroatoms. The molecule has 0 unspecified atom stereocenters. The minimum absolute atomic E-state index is 0.278. The van der Waals surface area contributed by atoms with Crippen molar-refractivity contribution in [3.63, 3.8) is 0 Å². The second-order valence-corrected chi connectivity index (χ2v) is 3.49. The van der Waals surface area contributed by atoms with Crippen LogP contribution in [0.1, 0.15) is 5.56 Å². The third-order valence-electron chi connectivity index (χ3n) is 1.60. The van der Waals surface area contributed by atoms with Crippen molar-refractivity contribution in [1.29, 1.82) is 0 Å². The third-order valence-corrected chi connectivity index (χ3v) is 2.14. The number of hydrogen-bond donors (Lipinski definition) is 0. The molecule has 0 heterocycles. The third kappa shape index (κ3) is 2.33. The minimum Gasteiger partial charge on any atom is -0.494 e. The van der Waals surface area contributed by atoms with Gasteiger partial charge in [0.25, 0.3) is 0 Å². The van der Waals surface area contributed by atoms with Crippen molar-refractivity contribution in [2.75, 3.05) is 11.5 Å². The van der Waals surface area contributed by atoms with Crippen molar-refractivity contribution in [3.05, 3.63) is 29.6 Å². The highest BCUT2D eigenvalue weighted by molar-refractivity contribution is 14.1. The number of aryl methyl sites for hydroxylation is 1. The van der Waals surface area contributed by atoms with Crippen LogP contribution in [0, 0.1) is 5.82 Å². The van der Waals surface area contributed by atoms with Crippen LogP contribution < -0.4 is 4.74 Å². The summed E-state index contributed by atoms with van der Waals surface area (Å²) in [4.78, 5) is 0. The summed E-state index contributed by atoms with van der Waals surface area (Å²) in [5, 5.41) is 0. The zero-order valence-electron chi connectivity index (χ0n) is 6.81. The van der Waals surface area contributed by atoms with E-state index in [0.29, 0.717) is 5.75 Å². The minimum atomic E-state index is -0.278. The number of rotatable bonds is 3. The van der Waals surface area contributed by atoms with Crippen LogP contribution in [0.5, 0.6) is 5.75 Å². The lowest BCUT2D eigenvalue weighted by Gasteiger charge is -2.03. The first kappa shape index (κ1) is 9.77. The number of methoxy groups -OCH3 is 1. The molecule has 0 spiro atoms. The molecule has 0 aliphatic rings. The molecule has 0 aromatic heterocycles. The summed E-state index contributed by atoms with van der Waals surface area (Å²) >= 11 is 2.27. The van der Waals surface area contributed by atoms with Crippen LogP contribution in [-0.2, 0) is 6.42 Å². The first-order valence-corrected chi connectivity index (χ1v) is 5.19. The average molecular weight is 280 g/mol. The summed E-state index contributed by atoms with van der Waals surface area (Å²) < 4.78 is 18.9. The van der Waals surface area contributed by atoms with Crippen LogP contribution in [0.3, 0.4) is 0 Å². The van der Waals surface area contributed by atoms with Gasteiger partial charge in [-0.3, -0.25) is 0 Å². The number of alkyl halides is 1. The van der Waals surface area contributed by atoms with E-state index in [1.807, 2.05) is 6.07 Å². The topological polar surface area (TPSA) is 9.23 Å². The monoisotopic (exact) mass is 280 g/mol. The molecule has 0 radical (unpaired) electrons. The van der Waals surface area contributed by atoms with Crippen molar-refractivity contribution in [2.24, 2.45) is 0 Å². The fourth-order valence-electron chi connectivity index (χ4n) is 0.975. The fourth-order valence-corrected chi connectivity index (χ4v) is 1.60. The van der Waals surface area contributed by atoms with E-state index in [-0.39, 0.29) is 5.82 Å². The molecule has 1 nitrogen and oxygen atoms in total. The molecular formula is C9H10FIO. The maximum atomic E-state index is 13.0. The van der Waals surface area contributed by atoms with Gasteiger partial charge in [0.05, 0.1) is 7.11 Å². The predicted molar refractivity (Wildman–Crippen MR) is 55.5 cm³/mol. The highest BCUT2D eigenvalue weighted by atomic mass is 127. The summed E-state index contributed by atoms with van der Waals surface area (Å²) in [6.07, 6.45) is 0.904. The molecule has 0 bridgehead atoms. The first-order valence-electron chi connectivity index (χ1n) is 3.66. The Morgan fingerprint density at radius 3 is 2.75 bits per heavy atom. The normalized spacial score (nSPS) is 9.92. The van der Waals surface area contributed by atoms with Crippen molar-refractivity contribution < 1.29 is 9.13 Å². The molecule has 0 fully saturated rings. The zero-order chi connectivity index (χ0) is 8.97. The standard InChI is InChI=1S/C9H10FIO/c1-12-9-3-2-7(4-5-11)6-8(9)10/h2-3,6H,4-5H2,1H3. The SMILES string of the molecule is COc1ccc(CCI)cc1F. The van der Waals surface area contributed by atoms with E-state index in [1.165, 1.54) is 13.2 Å². The Labute approximate surface area is 85.1 Å². The van der Waals surface area contributed by atoms with Crippen LogP contribution in [-0.4, -0.2) is 11.5 Å². The maximum absolute atomic E-state index is 13.0. The molecule has 66 valence electrons. The Kier molecular flexibility index (Phi) is 3.78. The van der Waals surface area contributed by atoms with Gasteiger partial charge in [-0.1, -0.05) is 28.7 Å². The van der Waals surface area contributed by atoms with Crippen molar-refractivity contribution in [2.45, 2.75) is 6.42 Å². The summed E-state index contributed by atoms with van der Waals surface area (Å²) in [5.41, 5.74) is 1.02. The van der Waals surface area contributed by atoms with Crippen LogP contribution in [0.2, 0.25) is 0 Å². The molecular weight excluding hydrogens is 270 g/mol. The molecule has 1 aromatic carbocycles. The van der Waals surface area contributed by atoms with E-state index in [0.717, 1.165) is 16.4 Å². The Bertz CT molecular complexity index is 263. The van der Waals surface area contributed by atoms with Gasteiger partial charge in [-0.05, 0) is 24.1 Å². The lowest BCUT2D eigenvalue weighted by Crippen LogP contribution is -1.91. The van der Waals surface area contributed by atoms with E-state index >= 15 is 0 Å². The molecule has 0 aliphatic carbocycles. The predicted octanol–water partition coefficient (Wildman–Crippen LogP) is 2.81. The summed E-state index contributed by atoms with van der Waals surface area (Å²) in [6, 6.07) is 5.08. The van der Waals surface area contributed by atoms with Gasteiger partial charge in [0, 0.05) is 4.43 Å². The number of ether oxygens (including phenoxy) is 1. The Morgan fingerprint density at radius 1 is 1.50 bits per heavy atom. The van der Waals surface area contributed by atoms with Gasteiger partial charge < -0.3 is 4.74 Å². The summed E-state index contributed by atoms with van der Waals surface area (Å²) in [6.45, 7) is 0. The molecule has 0 N–H and O–H groups in total. The first-order chi connectivity index (χ1) is 5.77. The molecule has 12 heavy (non-hydrogen) atoms. The second-order valence-electron chi connectivity index (χ2n) is 2.41. The van der Waals surface area contributed by atoms with Gasteiger partial charge in [-0.15, -0.1) is 0 Å². The van der Waals surface area contributed by atoms with E-state index in [2.05, 4.69) is 22.6 Å². The lowest BCUT2D eigenvalue weighted by atomic mass is 10.1. The number of benzene rings is 1. The Balaban J connectivity index is 2.86. The maximum Gasteiger partial charge on any atom is 0.165 e. The van der Waals surface area contributed by atoms with Crippen LogP contribution in [0.4, 0.5) is 4.39 Å². The quantitative estimate of drug-likeness (QED) is 0.611. The molecule has 0 atom stereocenters. The van der Waals surface area contributed by atoms with E-state index in [4.69, 9.17) is 4.74 Å². The highest BCUT2D eigenvalue weighted by Gasteiger charge is 2.01. The summed E-state index contributed by atoms with van der Waals surface area (Å²) in [7, 11) is 1.47. The molecule has 0 saturated carbocycles. The molecule has 0 amide bonds. The fraction of sp³-hybridized carbons (Fsp3) is 0.333. The van der Waals surface area contributed by atoms with Gasteiger partial charge in [-0.2, -0.15) is 0 Å². The van der Waals surface area contributed by atoms with Crippen molar-refractivity contribution in [1.82, 2.24) is 0 Å². The van der Waals surface area contributed by atoms with Gasteiger partial charge in [0.15, 0.2) is 11.6 Å².